The first-order valence-corrected chi connectivity index (χ1v) is 18.4. The Kier molecular flexibility index (Phi) is 9.10. The fraction of sp³-hybridized carbons (Fsp3) is 0.629. The number of rotatable bonds is 8. The van der Waals surface area contributed by atoms with Gasteiger partial charge in [-0.1, -0.05) is 0 Å². The van der Waals surface area contributed by atoms with Crippen molar-refractivity contribution in [3.63, 3.8) is 0 Å². The van der Waals surface area contributed by atoms with Gasteiger partial charge in [-0.15, -0.1) is 10.2 Å². The number of benzene rings is 1. The molecule has 0 radical (unpaired) electrons. The number of nitrogens with two attached hydrogens (primary N) is 2. The molecule has 2 aromatic rings. The highest BCUT2D eigenvalue weighted by atomic mass is 16.2. The van der Waals surface area contributed by atoms with Crippen molar-refractivity contribution < 1.29 is 19.2 Å². The molecule has 4 amide bonds. The number of H-pyrrole nitrogens is 1. The summed E-state index contributed by atoms with van der Waals surface area (Å²) >= 11 is 0. The molecule has 5 N–H and O–H groups in total. The number of hydrogen-bond acceptors (Lipinski definition) is 13. The highest BCUT2D eigenvalue weighted by Crippen LogP contribution is 2.48. The van der Waals surface area contributed by atoms with Crippen LogP contribution in [0, 0.1) is 28.6 Å². The molecule has 1 aliphatic carbocycles. The van der Waals surface area contributed by atoms with E-state index in [9.17, 15) is 24.4 Å². The van der Waals surface area contributed by atoms with Crippen molar-refractivity contribution in [3.05, 3.63) is 24.3 Å². The van der Waals surface area contributed by atoms with Crippen LogP contribution in [-0.4, -0.2) is 163 Å². The van der Waals surface area contributed by atoms with Gasteiger partial charge in [-0.3, -0.25) is 29.0 Å². The molecular weight excluding hydrogens is 680 g/mol. The van der Waals surface area contributed by atoms with Crippen molar-refractivity contribution in [1.82, 2.24) is 45.1 Å². The third-order valence-electron chi connectivity index (χ3n) is 12.3. The summed E-state index contributed by atoms with van der Waals surface area (Å²) in [7, 11) is 1.83. The molecule has 10 atom stereocenters. The number of fused-ring (bicyclic) bond motifs is 5. The normalized spacial score (nSPS) is 32.4. The number of likely N-dealkylation sites (tertiary alicyclic amines) is 5. The maximum absolute atomic E-state index is 13.1. The van der Waals surface area contributed by atoms with E-state index in [0.717, 1.165) is 56.3 Å². The highest BCUT2D eigenvalue weighted by Gasteiger charge is 2.56. The number of nitrogens with one attached hydrogen (secondary N) is 1. The minimum Gasteiger partial charge on any atom is -0.340 e. The van der Waals surface area contributed by atoms with Gasteiger partial charge >= 0.3 is 0 Å². The lowest BCUT2D eigenvalue weighted by Gasteiger charge is -2.35. The number of nitriles is 2. The number of carbonyl (C=O) groups excluding carboxylic acids is 4. The predicted molar refractivity (Wildman–Crippen MR) is 186 cm³/mol. The van der Waals surface area contributed by atoms with Crippen LogP contribution in [-0.2, 0) is 19.2 Å². The summed E-state index contributed by atoms with van der Waals surface area (Å²) in [6.07, 6.45) is 4.88. The molecule has 1 aromatic heterocycles. The van der Waals surface area contributed by atoms with Crippen LogP contribution in [0.1, 0.15) is 38.5 Å². The molecular formula is C35H44N14O4. The number of piperazine rings is 2. The second-order valence-electron chi connectivity index (χ2n) is 15.4. The fourth-order valence-corrected chi connectivity index (χ4v) is 9.41. The van der Waals surface area contributed by atoms with Gasteiger partial charge in [0.2, 0.25) is 29.5 Å². The van der Waals surface area contributed by atoms with Gasteiger partial charge in [0.15, 0.2) is 0 Å². The van der Waals surface area contributed by atoms with E-state index in [0.29, 0.717) is 37.9 Å². The van der Waals surface area contributed by atoms with Gasteiger partial charge < -0.3 is 31.1 Å². The van der Waals surface area contributed by atoms with Gasteiger partial charge in [-0.2, -0.15) is 15.7 Å². The zero-order valence-electron chi connectivity index (χ0n) is 29.6. The molecule has 4 bridgehead atoms. The Balaban J connectivity index is 0.000000165. The first kappa shape index (κ1) is 35.0. The summed E-state index contributed by atoms with van der Waals surface area (Å²) in [5, 5.41) is 32.4. The Labute approximate surface area is 306 Å². The molecule has 18 nitrogen and oxygen atoms in total. The van der Waals surface area contributed by atoms with E-state index in [-0.39, 0.29) is 65.9 Å². The first-order valence-electron chi connectivity index (χ1n) is 18.4. The molecule has 18 heteroatoms. The maximum Gasteiger partial charge on any atom is 0.244 e. The van der Waals surface area contributed by atoms with Crippen molar-refractivity contribution >= 4 is 29.3 Å². The highest BCUT2D eigenvalue weighted by molar-refractivity contribution is 6.01. The second kappa shape index (κ2) is 13.8. The lowest BCUT2D eigenvalue weighted by molar-refractivity contribution is -0.138. The second-order valence-corrected chi connectivity index (χ2v) is 15.4. The maximum atomic E-state index is 13.1. The summed E-state index contributed by atoms with van der Waals surface area (Å²) in [6, 6.07) is 9.95. The average Bonchev–Trinajstić information content (AvgIpc) is 3.92. The Hall–Kier alpha value is -5.01. The van der Waals surface area contributed by atoms with Crippen LogP contribution in [0.2, 0.25) is 0 Å². The van der Waals surface area contributed by atoms with Gasteiger partial charge in [-0.05, 0) is 73.9 Å². The largest absolute Gasteiger partial charge is 0.340 e. The lowest BCUT2D eigenvalue weighted by Crippen LogP contribution is -2.57. The topological polar surface area (TPSA) is 242 Å². The molecule has 278 valence electrons. The van der Waals surface area contributed by atoms with Crippen molar-refractivity contribution in [2.24, 2.45) is 17.4 Å². The fourth-order valence-electron chi connectivity index (χ4n) is 9.41. The number of likely N-dealkylation sites (N-methyl/N-ethyl adjacent to an activating group) is 1. The minimum atomic E-state index is -0.722. The number of carbonyl (C=O) groups is 4. The third kappa shape index (κ3) is 6.19. The quantitative estimate of drug-likeness (QED) is 0.274. The Morgan fingerprint density at radius 3 is 2.19 bits per heavy atom. The number of hydrogen-bond donors (Lipinski definition) is 3. The Bertz CT molecular complexity index is 1840. The number of aromatic amines is 1. The van der Waals surface area contributed by atoms with E-state index in [1.54, 1.807) is 14.7 Å². The summed E-state index contributed by atoms with van der Waals surface area (Å²) in [6.45, 7) is 2.81. The molecule has 9 rings (SSSR count). The lowest BCUT2D eigenvalue weighted by atomic mass is 10.1. The molecule has 1 saturated carbocycles. The molecule has 7 aliphatic rings. The summed E-state index contributed by atoms with van der Waals surface area (Å²) in [5.74, 6) is 0.798. The van der Waals surface area contributed by atoms with E-state index in [4.69, 9.17) is 16.7 Å². The standard InChI is InChI=1S/C21H23N9O2.C14H21N5O2/c22-8-14-5-12-6-17(12)30(14)20(31)16(23)10-28-9-15-7-18(28)21(32)29(15)13-3-1-11(2-4-13)19-24-26-27-25-19;1-17-10-5-12(14(17)21)18(7-10)8-11(16)13(20)19-4-2-3-9(19)6-15/h1-4,12,14-18H,5-7,9-10,23H2,(H,24,25,26,27);9-12H,2-5,7-8,16H2,1H3/t12-,14+,15?,16+,17+,18+;9-,10?,11-,12-/m10/s1. The van der Waals surface area contributed by atoms with Crippen molar-refractivity contribution in [2.45, 2.75) is 92.9 Å². The van der Waals surface area contributed by atoms with Gasteiger partial charge in [0.25, 0.3) is 0 Å². The SMILES string of the molecule is CN1C(=O)[C@@H]2CC1CN2C[C@H](N)C(=O)N1CCC[C@H]1C#N.N#C[C@@H]1C[C@@H]2C[C@@H]2N1C(=O)[C@@H](N)CN1CC2C[C@H]1C(=O)N2c1ccc(-c2nn[nH]n2)cc1. The molecule has 1 aromatic carbocycles. The molecule has 6 saturated heterocycles. The zero-order valence-corrected chi connectivity index (χ0v) is 29.6. The monoisotopic (exact) mass is 724 g/mol. The predicted octanol–water partition coefficient (Wildman–Crippen LogP) is -1.76. The van der Waals surface area contributed by atoms with E-state index in [2.05, 4.69) is 32.8 Å². The number of nitrogens with zero attached hydrogens (tertiary/aromatic N) is 11. The van der Waals surface area contributed by atoms with Crippen LogP contribution < -0.4 is 16.4 Å². The number of piperidine rings is 1. The van der Waals surface area contributed by atoms with E-state index in [1.165, 1.54) is 0 Å². The van der Waals surface area contributed by atoms with Crippen molar-refractivity contribution in [1.29, 1.82) is 10.5 Å². The van der Waals surface area contributed by atoms with Crippen LogP contribution in [0.25, 0.3) is 11.4 Å². The van der Waals surface area contributed by atoms with Gasteiger partial charge in [-0.25, -0.2) is 0 Å². The van der Waals surface area contributed by atoms with Crippen LogP contribution in [0.4, 0.5) is 5.69 Å². The average molecular weight is 725 g/mol. The van der Waals surface area contributed by atoms with Gasteiger partial charge in [0, 0.05) is 63.1 Å². The molecule has 2 unspecified atom stereocenters. The smallest absolute Gasteiger partial charge is 0.244 e. The number of tetrazole rings is 1. The van der Waals surface area contributed by atoms with Gasteiger partial charge in [0.05, 0.1) is 42.3 Å². The Morgan fingerprint density at radius 1 is 0.906 bits per heavy atom. The van der Waals surface area contributed by atoms with Crippen LogP contribution in [0.5, 0.6) is 0 Å². The molecule has 6 aliphatic heterocycles. The molecule has 53 heavy (non-hydrogen) atoms. The number of anilines is 1. The number of amides is 4. The van der Waals surface area contributed by atoms with E-state index in [1.807, 2.05) is 46.0 Å². The summed E-state index contributed by atoms with van der Waals surface area (Å²) < 4.78 is 0. The first-order chi connectivity index (χ1) is 25.6. The Morgan fingerprint density at radius 2 is 1.57 bits per heavy atom. The van der Waals surface area contributed by atoms with Crippen LogP contribution in [0.15, 0.2) is 24.3 Å². The van der Waals surface area contributed by atoms with Gasteiger partial charge in [0.1, 0.15) is 12.1 Å². The summed E-state index contributed by atoms with van der Waals surface area (Å²) in [4.78, 5) is 61.4. The third-order valence-corrected chi connectivity index (χ3v) is 12.3. The van der Waals surface area contributed by atoms with Crippen molar-refractivity contribution in [3.8, 4) is 23.5 Å². The molecule has 7 fully saturated rings. The zero-order chi connectivity index (χ0) is 37.1. The minimum absolute atomic E-state index is 0.0338. The van der Waals surface area contributed by atoms with E-state index >= 15 is 0 Å². The van der Waals surface area contributed by atoms with Crippen molar-refractivity contribution in [2.75, 3.05) is 44.7 Å². The van der Waals surface area contributed by atoms with Crippen LogP contribution in [0.3, 0.4) is 0 Å². The molecule has 7 heterocycles. The van der Waals surface area contributed by atoms with Crippen LogP contribution >= 0.6 is 0 Å². The summed E-state index contributed by atoms with van der Waals surface area (Å²) in [5.41, 5.74) is 14.0. The van der Waals surface area contributed by atoms with E-state index < -0.39 is 12.1 Å². The number of aromatic nitrogens is 4. The molecule has 0 spiro atoms.